The molecular weight excluding hydrogens is 294 g/mol. The summed E-state index contributed by atoms with van der Waals surface area (Å²) in [6, 6.07) is 0. The first-order chi connectivity index (χ1) is 9.40. The van der Waals surface area contributed by atoms with Gasteiger partial charge in [0.25, 0.3) is 5.91 Å². The van der Waals surface area contributed by atoms with Crippen LogP contribution >= 0.6 is 23.4 Å². The van der Waals surface area contributed by atoms with Crippen molar-refractivity contribution < 1.29 is 4.79 Å². The monoisotopic (exact) mass is 313 g/mol. The molecule has 1 fully saturated rings. The second kappa shape index (κ2) is 6.33. The maximum atomic E-state index is 11.7. The zero-order valence-electron chi connectivity index (χ0n) is 12.1. The van der Waals surface area contributed by atoms with Crippen molar-refractivity contribution in [2.75, 3.05) is 20.1 Å². The Hall–Kier alpha value is -0.780. The van der Waals surface area contributed by atoms with Crippen molar-refractivity contribution in [2.45, 2.75) is 37.0 Å². The van der Waals surface area contributed by atoms with Crippen molar-refractivity contribution >= 4 is 29.3 Å². The van der Waals surface area contributed by atoms with Crippen molar-refractivity contribution in [2.24, 2.45) is 5.73 Å². The van der Waals surface area contributed by atoms with Gasteiger partial charge in [0.05, 0.1) is 16.3 Å². The number of aromatic nitrogens is 1. The number of piperidine rings is 1. The van der Waals surface area contributed by atoms with E-state index >= 15 is 0 Å². The molecule has 1 aliphatic heterocycles. The van der Waals surface area contributed by atoms with Crippen LogP contribution in [0.2, 0.25) is 5.02 Å². The van der Waals surface area contributed by atoms with Crippen LogP contribution in [0.5, 0.6) is 0 Å². The summed E-state index contributed by atoms with van der Waals surface area (Å²) in [6.45, 7) is 5.85. The van der Waals surface area contributed by atoms with Gasteiger partial charge in [-0.05, 0) is 52.4 Å². The number of hydrogen-bond donors (Lipinski definition) is 1. The first-order valence-electron chi connectivity index (χ1n) is 6.71. The minimum atomic E-state index is -0.452. The molecule has 0 aliphatic carbocycles. The fraction of sp³-hybridized carbons (Fsp3) is 0.571. The molecule has 20 heavy (non-hydrogen) atoms. The summed E-state index contributed by atoms with van der Waals surface area (Å²) in [6.07, 6.45) is 2.20. The van der Waals surface area contributed by atoms with Crippen molar-refractivity contribution in [1.29, 1.82) is 0 Å². The third-order valence-corrected chi connectivity index (χ3v) is 5.58. The van der Waals surface area contributed by atoms with E-state index < -0.39 is 5.91 Å². The highest BCUT2D eigenvalue weighted by Gasteiger charge is 2.23. The molecule has 0 unspecified atom stereocenters. The van der Waals surface area contributed by atoms with E-state index in [1.54, 1.807) is 11.8 Å². The van der Waals surface area contributed by atoms with Gasteiger partial charge in [0.15, 0.2) is 0 Å². The van der Waals surface area contributed by atoms with Gasteiger partial charge in [0, 0.05) is 5.25 Å². The summed E-state index contributed by atoms with van der Waals surface area (Å²) in [5.41, 5.74) is 7.47. The second-order valence-electron chi connectivity index (χ2n) is 5.30. The SMILES string of the molecule is Cc1nc(SC2CCN(C)CC2)c(C(N)=O)c(C)c1Cl. The van der Waals surface area contributed by atoms with E-state index in [1.807, 2.05) is 13.8 Å². The van der Waals surface area contributed by atoms with Gasteiger partial charge >= 0.3 is 0 Å². The van der Waals surface area contributed by atoms with Crippen LogP contribution in [-0.4, -0.2) is 41.2 Å². The minimum absolute atomic E-state index is 0.452. The molecule has 0 aromatic carbocycles. The Kier molecular flexibility index (Phi) is 4.94. The first kappa shape index (κ1) is 15.6. The average Bonchev–Trinajstić information content (AvgIpc) is 2.38. The highest BCUT2D eigenvalue weighted by molar-refractivity contribution is 7.99. The lowest BCUT2D eigenvalue weighted by Gasteiger charge is -2.28. The number of nitrogens with two attached hydrogens (primary N) is 1. The largest absolute Gasteiger partial charge is 0.366 e. The van der Waals surface area contributed by atoms with Crippen LogP contribution in [0.4, 0.5) is 0 Å². The lowest BCUT2D eigenvalue weighted by molar-refractivity contribution is 0.0996. The number of carbonyl (C=O) groups excluding carboxylic acids is 1. The quantitative estimate of drug-likeness (QED) is 0.932. The molecule has 1 aromatic heterocycles. The Morgan fingerprint density at radius 2 is 2.00 bits per heavy atom. The lowest BCUT2D eigenvalue weighted by atomic mass is 10.1. The van der Waals surface area contributed by atoms with E-state index in [0.29, 0.717) is 15.8 Å². The smallest absolute Gasteiger partial charge is 0.251 e. The van der Waals surface area contributed by atoms with Crippen molar-refractivity contribution in [3.05, 3.63) is 21.8 Å². The summed E-state index contributed by atoms with van der Waals surface area (Å²) in [5.74, 6) is -0.452. The van der Waals surface area contributed by atoms with Gasteiger partial charge in [-0.2, -0.15) is 0 Å². The summed E-state index contributed by atoms with van der Waals surface area (Å²) in [7, 11) is 2.13. The van der Waals surface area contributed by atoms with Crippen LogP contribution in [0.15, 0.2) is 5.03 Å². The number of primary amides is 1. The van der Waals surface area contributed by atoms with Gasteiger partial charge in [0.2, 0.25) is 0 Å². The van der Waals surface area contributed by atoms with E-state index in [2.05, 4.69) is 16.9 Å². The third kappa shape index (κ3) is 3.27. The molecule has 110 valence electrons. The van der Waals surface area contributed by atoms with Gasteiger partial charge < -0.3 is 10.6 Å². The molecule has 0 atom stereocenters. The van der Waals surface area contributed by atoms with E-state index in [9.17, 15) is 4.79 Å². The molecule has 1 aromatic rings. The molecule has 1 aliphatic rings. The Bertz CT molecular complexity index is 528. The highest BCUT2D eigenvalue weighted by Crippen LogP contribution is 2.35. The average molecular weight is 314 g/mol. The summed E-state index contributed by atoms with van der Waals surface area (Å²) < 4.78 is 0. The van der Waals surface area contributed by atoms with Gasteiger partial charge in [-0.25, -0.2) is 4.98 Å². The van der Waals surface area contributed by atoms with E-state index in [1.165, 1.54) is 0 Å². The predicted octanol–water partition coefficient (Wildman–Crippen LogP) is 2.64. The van der Waals surface area contributed by atoms with E-state index in [-0.39, 0.29) is 0 Å². The van der Waals surface area contributed by atoms with Crippen molar-refractivity contribution in [3.8, 4) is 0 Å². The zero-order chi connectivity index (χ0) is 14.9. The van der Waals surface area contributed by atoms with Crippen molar-refractivity contribution in [1.82, 2.24) is 9.88 Å². The molecule has 2 N–H and O–H groups in total. The van der Waals surface area contributed by atoms with Gasteiger partial charge in [-0.3, -0.25) is 4.79 Å². The number of hydrogen-bond acceptors (Lipinski definition) is 4. The zero-order valence-corrected chi connectivity index (χ0v) is 13.6. The maximum absolute atomic E-state index is 11.7. The fourth-order valence-electron chi connectivity index (χ4n) is 2.43. The number of likely N-dealkylation sites (tertiary alicyclic amines) is 1. The standard InChI is InChI=1S/C14H20ClN3OS/c1-8-11(13(16)19)14(17-9(2)12(8)15)20-10-4-6-18(3)7-5-10/h10H,4-7H2,1-3H3,(H2,16,19). The number of amides is 1. The number of thioether (sulfide) groups is 1. The van der Waals surface area contributed by atoms with Crippen LogP contribution in [0.1, 0.15) is 34.5 Å². The number of pyridine rings is 1. The molecule has 4 nitrogen and oxygen atoms in total. The molecule has 0 spiro atoms. The predicted molar refractivity (Wildman–Crippen MR) is 83.6 cm³/mol. The molecule has 2 rings (SSSR count). The van der Waals surface area contributed by atoms with Gasteiger partial charge in [0.1, 0.15) is 5.03 Å². The summed E-state index contributed by atoms with van der Waals surface area (Å²) in [5, 5.41) is 1.75. The number of aryl methyl sites for hydroxylation is 1. The minimum Gasteiger partial charge on any atom is -0.366 e. The molecule has 0 saturated carbocycles. The highest BCUT2D eigenvalue weighted by atomic mass is 35.5. The number of nitrogens with zero attached hydrogens (tertiary/aromatic N) is 2. The Balaban J connectivity index is 2.29. The fourth-order valence-corrected chi connectivity index (χ4v) is 3.90. The lowest BCUT2D eigenvalue weighted by Crippen LogP contribution is -2.31. The summed E-state index contributed by atoms with van der Waals surface area (Å²) in [4.78, 5) is 18.5. The van der Waals surface area contributed by atoms with Crippen LogP contribution in [0, 0.1) is 13.8 Å². The Morgan fingerprint density at radius 1 is 1.40 bits per heavy atom. The molecule has 1 amide bonds. The Labute approximate surface area is 129 Å². The number of halogens is 1. The molecule has 0 radical (unpaired) electrons. The molecule has 2 heterocycles. The third-order valence-electron chi connectivity index (χ3n) is 3.70. The summed E-state index contributed by atoms with van der Waals surface area (Å²) >= 11 is 7.84. The Morgan fingerprint density at radius 3 is 2.55 bits per heavy atom. The molecular formula is C14H20ClN3OS. The first-order valence-corrected chi connectivity index (χ1v) is 7.97. The van der Waals surface area contributed by atoms with E-state index in [0.717, 1.165) is 42.2 Å². The van der Waals surface area contributed by atoms with Gasteiger partial charge in [-0.1, -0.05) is 11.6 Å². The maximum Gasteiger partial charge on any atom is 0.251 e. The van der Waals surface area contributed by atoms with Crippen molar-refractivity contribution in [3.63, 3.8) is 0 Å². The number of rotatable bonds is 3. The second-order valence-corrected chi connectivity index (χ2v) is 6.97. The molecule has 6 heteroatoms. The van der Waals surface area contributed by atoms with Crippen LogP contribution in [0.3, 0.4) is 0 Å². The normalized spacial score (nSPS) is 17.4. The number of carbonyl (C=O) groups is 1. The van der Waals surface area contributed by atoms with Gasteiger partial charge in [-0.15, -0.1) is 11.8 Å². The van der Waals surface area contributed by atoms with Crippen LogP contribution in [0.25, 0.3) is 0 Å². The van der Waals surface area contributed by atoms with Crippen LogP contribution < -0.4 is 5.73 Å². The van der Waals surface area contributed by atoms with Crippen LogP contribution in [-0.2, 0) is 0 Å². The molecule has 1 saturated heterocycles. The topological polar surface area (TPSA) is 59.2 Å². The molecule has 0 bridgehead atoms. The van der Waals surface area contributed by atoms with E-state index in [4.69, 9.17) is 17.3 Å².